The van der Waals surface area contributed by atoms with E-state index < -0.39 is 5.54 Å². The van der Waals surface area contributed by atoms with Gasteiger partial charge in [-0.2, -0.15) is 0 Å². The molecule has 0 aliphatic carbocycles. The highest BCUT2D eigenvalue weighted by atomic mass is 16.3. The monoisotopic (exact) mass is 340 g/mol. The molecule has 0 fully saturated rings. The van der Waals surface area contributed by atoms with Crippen LogP contribution in [0.3, 0.4) is 0 Å². The van der Waals surface area contributed by atoms with Crippen LogP contribution in [0.15, 0.2) is 48.5 Å². The first-order valence-corrected chi connectivity index (χ1v) is 8.83. The number of unbranched alkanes of at least 4 members (excludes halogenated alkanes) is 1. The second-order valence-corrected chi connectivity index (χ2v) is 6.67. The van der Waals surface area contributed by atoms with Gasteiger partial charge < -0.3 is 16.2 Å². The number of nitrogens with one attached hydrogen (secondary N) is 1. The Kier molecular flexibility index (Phi) is 6.73. The van der Waals surface area contributed by atoms with Crippen LogP contribution in [0.5, 0.6) is 0 Å². The first-order valence-electron chi connectivity index (χ1n) is 8.83. The predicted molar refractivity (Wildman–Crippen MR) is 102 cm³/mol. The molecular formula is C21H28N2O2. The third-order valence-electron chi connectivity index (χ3n) is 4.59. The quantitative estimate of drug-likeness (QED) is 0.688. The van der Waals surface area contributed by atoms with Crippen LogP contribution in [-0.2, 0) is 17.8 Å². The van der Waals surface area contributed by atoms with Crippen LogP contribution < -0.4 is 11.1 Å². The van der Waals surface area contributed by atoms with Gasteiger partial charge in [0, 0.05) is 5.69 Å². The summed E-state index contributed by atoms with van der Waals surface area (Å²) in [6, 6.07) is 15.2. The number of aliphatic hydroxyl groups is 1. The van der Waals surface area contributed by atoms with E-state index in [1.54, 1.807) is 24.3 Å². The van der Waals surface area contributed by atoms with Crippen LogP contribution in [0.1, 0.15) is 42.9 Å². The van der Waals surface area contributed by atoms with Crippen LogP contribution in [-0.4, -0.2) is 16.6 Å². The van der Waals surface area contributed by atoms with Crippen LogP contribution >= 0.6 is 0 Å². The molecule has 134 valence electrons. The first kappa shape index (κ1) is 19.2. The second kappa shape index (κ2) is 8.79. The second-order valence-electron chi connectivity index (χ2n) is 6.67. The average Bonchev–Trinajstić information content (AvgIpc) is 2.62. The third-order valence-corrected chi connectivity index (χ3v) is 4.59. The molecule has 4 heteroatoms. The van der Waals surface area contributed by atoms with Gasteiger partial charge >= 0.3 is 0 Å². The lowest BCUT2D eigenvalue weighted by Gasteiger charge is -2.29. The molecule has 2 aromatic rings. The summed E-state index contributed by atoms with van der Waals surface area (Å²) in [6.45, 7) is 4.12. The van der Waals surface area contributed by atoms with E-state index in [1.807, 2.05) is 31.2 Å². The number of anilines is 1. The average molecular weight is 340 g/mol. The van der Waals surface area contributed by atoms with Crippen molar-refractivity contribution in [1.82, 2.24) is 0 Å². The Labute approximate surface area is 150 Å². The summed E-state index contributed by atoms with van der Waals surface area (Å²) >= 11 is 0. The minimum atomic E-state index is -0.947. The number of rotatable bonds is 8. The molecule has 1 amide bonds. The van der Waals surface area contributed by atoms with Crippen molar-refractivity contribution in [3.8, 4) is 0 Å². The zero-order chi connectivity index (χ0) is 18.3. The SMILES string of the molecule is CCCCC(N)(Cc1ccccc1C)C(=O)Nc1ccc(CO)cc1. The number of carbonyl (C=O) groups is 1. The van der Waals surface area contributed by atoms with Crippen LogP contribution in [0, 0.1) is 6.92 Å². The molecule has 25 heavy (non-hydrogen) atoms. The number of hydrogen-bond donors (Lipinski definition) is 3. The molecular weight excluding hydrogens is 312 g/mol. The van der Waals surface area contributed by atoms with Gasteiger partial charge in [-0.1, -0.05) is 56.2 Å². The summed E-state index contributed by atoms with van der Waals surface area (Å²) in [6.07, 6.45) is 3.04. The molecule has 0 radical (unpaired) electrons. The number of aryl methyl sites for hydroxylation is 1. The molecule has 0 bridgehead atoms. The number of hydrogen-bond acceptors (Lipinski definition) is 3. The molecule has 4 N–H and O–H groups in total. The number of nitrogens with two attached hydrogens (primary N) is 1. The van der Waals surface area contributed by atoms with E-state index in [4.69, 9.17) is 10.8 Å². The summed E-state index contributed by atoms with van der Waals surface area (Å²) in [7, 11) is 0. The number of amides is 1. The van der Waals surface area contributed by atoms with Crippen molar-refractivity contribution >= 4 is 11.6 Å². The Morgan fingerprint density at radius 2 is 1.84 bits per heavy atom. The maximum atomic E-state index is 12.9. The van der Waals surface area contributed by atoms with E-state index in [9.17, 15) is 4.79 Å². The van der Waals surface area contributed by atoms with Gasteiger partial charge in [-0.05, 0) is 48.6 Å². The summed E-state index contributed by atoms with van der Waals surface area (Å²) in [5, 5.41) is 12.1. The minimum Gasteiger partial charge on any atom is -0.392 e. The highest BCUT2D eigenvalue weighted by Crippen LogP contribution is 2.22. The number of carbonyl (C=O) groups excluding carboxylic acids is 1. The highest BCUT2D eigenvalue weighted by Gasteiger charge is 2.34. The third kappa shape index (κ3) is 5.15. The number of aliphatic hydroxyl groups excluding tert-OH is 1. The molecule has 0 heterocycles. The van der Waals surface area contributed by atoms with Gasteiger partial charge in [0.1, 0.15) is 0 Å². The van der Waals surface area contributed by atoms with E-state index in [2.05, 4.69) is 12.2 Å². The van der Waals surface area contributed by atoms with E-state index in [-0.39, 0.29) is 12.5 Å². The van der Waals surface area contributed by atoms with Crippen molar-refractivity contribution in [2.75, 3.05) is 5.32 Å². The molecule has 0 aliphatic heterocycles. The van der Waals surface area contributed by atoms with Crippen molar-refractivity contribution in [3.05, 3.63) is 65.2 Å². The van der Waals surface area contributed by atoms with Gasteiger partial charge in [-0.3, -0.25) is 4.79 Å². The molecule has 0 spiro atoms. The molecule has 0 aliphatic rings. The smallest absolute Gasteiger partial charge is 0.244 e. The maximum Gasteiger partial charge on any atom is 0.244 e. The fourth-order valence-corrected chi connectivity index (χ4v) is 2.87. The molecule has 1 unspecified atom stereocenters. The Hall–Kier alpha value is -2.17. The summed E-state index contributed by atoms with van der Waals surface area (Å²) in [5.41, 5.74) is 9.39. The Morgan fingerprint density at radius 3 is 2.44 bits per heavy atom. The maximum absolute atomic E-state index is 12.9. The molecule has 0 aromatic heterocycles. The molecule has 4 nitrogen and oxygen atoms in total. The number of benzene rings is 2. The fraction of sp³-hybridized carbons (Fsp3) is 0.381. The van der Waals surface area contributed by atoms with Crippen molar-refractivity contribution in [2.45, 2.75) is 51.7 Å². The van der Waals surface area contributed by atoms with Gasteiger partial charge in [0.2, 0.25) is 5.91 Å². The predicted octanol–water partition coefficient (Wildman–Crippen LogP) is 3.56. The molecule has 0 saturated heterocycles. The lowest BCUT2D eigenvalue weighted by molar-refractivity contribution is -0.121. The zero-order valence-electron chi connectivity index (χ0n) is 15.1. The van der Waals surface area contributed by atoms with Gasteiger partial charge in [-0.25, -0.2) is 0 Å². The highest BCUT2D eigenvalue weighted by molar-refractivity contribution is 5.98. The topological polar surface area (TPSA) is 75.4 Å². The molecule has 2 aromatic carbocycles. The zero-order valence-corrected chi connectivity index (χ0v) is 15.1. The molecule has 2 rings (SSSR count). The normalized spacial score (nSPS) is 13.3. The Bertz CT molecular complexity index is 697. The van der Waals surface area contributed by atoms with Crippen molar-refractivity contribution in [3.63, 3.8) is 0 Å². The Morgan fingerprint density at radius 1 is 1.16 bits per heavy atom. The van der Waals surface area contributed by atoms with Gasteiger partial charge in [0.25, 0.3) is 0 Å². The summed E-state index contributed by atoms with van der Waals surface area (Å²) in [5.74, 6) is -0.166. The Balaban J connectivity index is 2.18. The fourth-order valence-electron chi connectivity index (χ4n) is 2.87. The molecule has 0 saturated carbocycles. The van der Waals surface area contributed by atoms with E-state index in [0.717, 1.165) is 29.5 Å². The van der Waals surface area contributed by atoms with E-state index >= 15 is 0 Å². The minimum absolute atomic E-state index is 0.0150. The van der Waals surface area contributed by atoms with Gasteiger partial charge in [-0.15, -0.1) is 0 Å². The summed E-state index contributed by atoms with van der Waals surface area (Å²) in [4.78, 5) is 12.9. The largest absolute Gasteiger partial charge is 0.392 e. The van der Waals surface area contributed by atoms with E-state index in [1.165, 1.54) is 0 Å². The summed E-state index contributed by atoms with van der Waals surface area (Å²) < 4.78 is 0. The van der Waals surface area contributed by atoms with Gasteiger partial charge in [0.15, 0.2) is 0 Å². The van der Waals surface area contributed by atoms with Crippen molar-refractivity contribution in [2.24, 2.45) is 5.73 Å². The van der Waals surface area contributed by atoms with E-state index in [0.29, 0.717) is 18.5 Å². The first-order chi connectivity index (χ1) is 12.0. The van der Waals surface area contributed by atoms with Crippen molar-refractivity contribution < 1.29 is 9.90 Å². The standard InChI is InChI=1S/C21H28N2O2/c1-3-4-13-21(22,14-18-8-6-5-7-16(18)2)20(25)23-19-11-9-17(15-24)10-12-19/h5-12,24H,3-4,13-15,22H2,1-2H3,(H,23,25). The van der Waals surface area contributed by atoms with Crippen LogP contribution in [0.2, 0.25) is 0 Å². The lowest BCUT2D eigenvalue weighted by Crippen LogP contribution is -2.53. The van der Waals surface area contributed by atoms with Crippen molar-refractivity contribution in [1.29, 1.82) is 0 Å². The van der Waals surface area contributed by atoms with Crippen LogP contribution in [0.25, 0.3) is 0 Å². The van der Waals surface area contributed by atoms with Crippen LogP contribution in [0.4, 0.5) is 5.69 Å². The lowest BCUT2D eigenvalue weighted by atomic mass is 9.84. The van der Waals surface area contributed by atoms with Gasteiger partial charge in [0.05, 0.1) is 12.1 Å². The molecule has 1 atom stereocenters.